The normalized spacial score (nSPS) is 10.4. The van der Waals surface area contributed by atoms with Gasteiger partial charge in [0, 0.05) is 6.54 Å². The third-order valence-electron chi connectivity index (χ3n) is 2.31. The third-order valence-corrected chi connectivity index (χ3v) is 2.31. The van der Waals surface area contributed by atoms with E-state index < -0.39 is 0 Å². The number of aromatic nitrogens is 1. The van der Waals surface area contributed by atoms with Crippen molar-refractivity contribution in [1.82, 2.24) is 10.4 Å². The number of anilines is 1. The summed E-state index contributed by atoms with van der Waals surface area (Å²) in [7, 11) is 0. The standard InChI is InChI=1S/C12H14N4O/c1-2-14-16(9-5-8-13)12-15-10-6-3-4-7-11(10)17-12/h3-4,6-7,14H,2,5,9H2,1H3. The molecule has 0 atom stereocenters. The number of nitrogens with zero attached hydrogens (tertiary/aromatic N) is 3. The minimum absolute atomic E-state index is 0.422. The van der Waals surface area contributed by atoms with Crippen LogP contribution in [0.4, 0.5) is 6.01 Å². The van der Waals surface area contributed by atoms with E-state index in [1.807, 2.05) is 31.2 Å². The molecule has 0 aliphatic carbocycles. The van der Waals surface area contributed by atoms with Crippen LogP contribution in [0.3, 0.4) is 0 Å². The molecule has 2 aromatic rings. The maximum Gasteiger partial charge on any atom is 0.313 e. The Hall–Kier alpha value is -2.06. The summed E-state index contributed by atoms with van der Waals surface area (Å²) in [5, 5.41) is 10.4. The van der Waals surface area contributed by atoms with Crippen LogP contribution in [-0.2, 0) is 0 Å². The zero-order chi connectivity index (χ0) is 12.1. The van der Waals surface area contributed by atoms with Gasteiger partial charge in [0.1, 0.15) is 5.52 Å². The summed E-state index contributed by atoms with van der Waals surface area (Å²) in [6, 6.07) is 10.2. The first-order valence-electron chi connectivity index (χ1n) is 5.58. The van der Waals surface area contributed by atoms with Crippen molar-refractivity contribution in [2.24, 2.45) is 0 Å². The second-order valence-electron chi connectivity index (χ2n) is 3.54. The Kier molecular flexibility index (Phi) is 3.58. The number of nitriles is 1. The summed E-state index contributed by atoms with van der Waals surface area (Å²) in [5.41, 5.74) is 4.69. The largest absolute Gasteiger partial charge is 0.422 e. The molecule has 0 fully saturated rings. The van der Waals surface area contributed by atoms with Gasteiger partial charge in [0.05, 0.1) is 19.0 Å². The second kappa shape index (κ2) is 5.32. The maximum atomic E-state index is 8.61. The SMILES string of the molecule is CCNN(CCC#N)c1nc2ccccc2o1. The molecule has 0 bridgehead atoms. The molecule has 5 heteroatoms. The molecule has 88 valence electrons. The molecule has 17 heavy (non-hydrogen) atoms. The highest BCUT2D eigenvalue weighted by molar-refractivity contribution is 5.74. The summed E-state index contributed by atoms with van der Waals surface area (Å²) in [6.45, 7) is 3.29. The lowest BCUT2D eigenvalue weighted by atomic mass is 10.3. The molecule has 5 nitrogen and oxygen atoms in total. The summed E-state index contributed by atoms with van der Waals surface area (Å²) >= 11 is 0. The van der Waals surface area contributed by atoms with Crippen molar-refractivity contribution in [2.75, 3.05) is 18.1 Å². The van der Waals surface area contributed by atoms with Crippen LogP contribution >= 0.6 is 0 Å². The van der Waals surface area contributed by atoms with Crippen molar-refractivity contribution in [1.29, 1.82) is 5.26 Å². The third kappa shape index (κ3) is 2.55. The van der Waals surface area contributed by atoms with Crippen LogP contribution in [0.1, 0.15) is 13.3 Å². The van der Waals surface area contributed by atoms with Gasteiger partial charge in [0.25, 0.3) is 0 Å². The van der Waals surface area contributed by atoms with Gasteiger partial charge in [-0.15, -0.1) is 0 Å². The first-order valence-corrected chi connectivity index (χ1v) is 5.58. The number of rotatable bonds is 5. The Balaban J connectivity index is 2.25. The minimum Gasteiger partial charge on any atom is -0.422 e. The van der Waals surface area contributed by atoms with Gasteiger partial charge in [-0.2, -0.15) is 10.2 Å². The fourth-order valence-corrected chi connectivity index (χ4v) is 1.57. The Morgan fingerprint density at radius 3 is 3.00 bits per heavy atom. The van der Waals surface area contributed by atoms with Crippen LogP contribution in [-0.4, -0.2) is 18.1 Å². The predicted molar refractivity (Wildman–Crippen MR) is 65.3 cm³/mol. The highest BCUT2D eigenvalue weighted by atomic mass is 16.4. The molecule has 0 unspecified atom stereocenters. The predicted octanol–water partition coefficient (Wildman–Crippen LogP) is 2.07. The van der Waals surface area contributed by atoms with E-state index in [0.717, 1.165) is 17.6 Å². The van der Waals surface area contributed by atoms with E-state index in [4.69, 9.17) is 9.68 Å². The topological polar surface area (TPSA) is 65.1 Å². The van der Waals surface area contributed by atoms with Gasteiger partial charge in [-0.25, -0.2) is 5.43 Å². The summed E-state index contributed by atoms with van der Waals surface area (Å²) < 4.78 is 5.62. The molecule has 0 saturated heterocycles. The molecule has 1 N–H and O–H groups in total. The van der Waals surface area contributed by atoms with Crippen molar-refractivity contribution in [2.45, 2.75) is 13.3 Å². The van der Waals surface area contributed by atoms with E-state index in [9.17, 15) is 0 Å². The minimum atomic E-state index is 0.422. The Morgan fingerprint density at radius 2 is 2.29 bits per heavy atom. The number of fused-ring (bicyclic) bond motifs is 1. The fourth-order valence-electron chi connectivity index (χ4n) is 1.57. The van der Waals surface area contributed by atoms with Crippen molar-refractivity contribution in [3.63, 3.8) is 0 Å². The Labute approximate surface area is 99.6 Å². The quantitative estimate of drug-likeness (QED) is 0.796. The van der Waals surface area contributed by atoms with E-state index in [0.29, 0.717) is 19.0 Å². The first kappa shape index (κ1) is 11.4. The van der Waals surface area contributed by atoms with Gasteiger partial charge < -0.3 is 4.42 Å². The molecule has 1 heterocycles. The highest BCUT2D eigenvalue weighted by Gasteiger charge is 2.12. The molecule has 1 aromatic heterocycles. The summed E-state index contributed by atoms with van der Waals surface area (Å²) in [4.78, 5) is 4.37. The lowest BCUT2D eigenvalue weighted by Gasteiger charge is -2.18. The lowest BCUT2D eigenvalue weighted by molar-refractivity contribution is 0.524. The Morgan fingerprint density at radius 1 is 1.47 bits per heavy atom. The van der Waals surface area contributed by atoms with Gasteiger partial charge in [-0.3, -0.25) is 5.01 Å². The van der Waals surface area contributed by atoms with Crippen LogP contribution in [0, 0.1) is 11.3 Å². The molecule has 0 aliphatic rings. The van der Waals surface area contributed by atoms with Crippen LogP contribution in [0.2, 0.25) is 0 Å². The summed E-state index contributed by atoms with van der Waals surface area (Å²) in [5.74, 6) is 0. The number of para-hydroxylation sites is 2. The molecule has 0 amide bonds. The molecule has 0 aliphatic heterocycles. The number of nitrogens with one attached hydrogen (secondary N) is 1. The van der Waals surface area contributed by atoms with Crippen molar-refractivity contribution < 1.29 is 4.42 Å². The van der Waals surface area contributed by atoms with Crippen LogP contribution < -0.4 is 10.4 Å². The molecular weight excluding hydrogens is 216 g/mol. The van der Waals surface area contributed by atoms with Crippen LogP contribution in [0.15, 0.2) is 28.7 Å². The second-order valence-corrected chi connectivity index (χ2v) is 3.54. The molecule has 2 rings (SSSR count). The maximum absolute atomic E-state index is 8.61. The molecule has 0 radical (unpaired) electrons. The van der Waals surface area contributed by atoms with Gasteiger partial charge in [-0.1, -0.05) is 19.1 Å². The average molecular weight is 230 g/mol. The van der Waals surface area contributed by atoms with Gasteiger partial charge in [0.15, 0.2) is 5.58 Å². The fraction of sp³-hybridized carbons (Fsp3) is 0.333. The monoisotopic (exact) mass is 230 g/mol. The van der Waals surface area contributed by atoms with E-state index in [1.54, 1.807) is 5.01 Å². The molecule has 1 aromatic carbocycles. The molecule has 0 saturated carbocycles. The van der Waals surface area contributed by atoms with Crippen molar-refractivity contribution in [3.8, 4) is 6.07 Å². The van der Waals surface area contributed by atoms with Crippen molar-refractivity contribution >= 4 is 17.1 Å². The van der Waals surface area contributed by atoms with Crippen LogP contribution in [0.5, 0.6) is 0 Å². The lowest BCUT2D eigenvalue weighted by Crippen LogP contribution is -2.38. The molecule has 0 spiro atoms. The first-order chi connectivity index (χ1) is 8.35. The van der Waals surface area contributed by atoms with E-state index in [2.05, 4.69) is 16.5 Å². The average Bonchev–Trinajstić information content (AvgIpc) is 2.78. The smallest absolute Gasteiger partial charge is 0.313 e. The number of oxazole rings is 1. The number of hydrogen-bond acceptors (Lipinski definition) is 5. The number of hydrogen-bond donors (Lipinski definition) is 1. The van der Waals surface area contributed by atoms with Gasteiger partial charge >= 0.3 is 6.01 Å². The van der Waals surface area contributed by atoms with Gasteiger partial charge in [0.2, 0.25) is 0 Å². The zero-order valence-electron chi connectivity index (χ0n) is 9.68. The molecular formula is C12H14N4O. The van der Waals surface area contributed by atoms with Crippen molar-refractivity contribution in [3.05, 3.63) is 24.3 Å². The van der Waals surface area contributed by atoms with E-state index in [-0.39, 0.29) is 0 Å². The van der Waals surface area contributed by atoms with E-state index >= 15 is 0 Å². The zero-order valence-corrected chi connectivity index (χ0v) is 9.68. The van der Waals surface area contributed by atoms with E-state index in [1.165, 1.54) is 0 Å². The van der Waals surface area contributed by atoms with Gasteiger partial charge in [-0.05, 0) is 12.1 Å². The Bertz CT molecular complexity index is 496. The van der Waals surface area contributed by atoms with Crippen LogP contribution in [0.25, 0.3) is 11.1 Å². The summed E-state index contributed by atoms with van der Waals surface area (Å²) in [6.07, 6.45) is 0.422. The highest BCUT2D eigenvalue weighted by Crippen LogP contribution is 2.20. The number of benzene rings is 1. The number of hydrazine groups is 1.